The summed E-state index contributed by atoms with van der Waals surface area (Å²) >= 11 is 5.84. The number of carbonyl (C=O) groups is 2. The van der Waals surface area contributed by atoms with E-state index in [1.807, 2.05) is 0 Å². The number of carbonyl (C=O) groups excluding carboxylic acids is 2. The van der Waals surface area contributed by atoms with Crippen molar-refractivity contribution in [3.63, 3.8) is 0 Å². The smallest absolute Gasteiger partial charge is 0.306 e. The Morgan fingerprint density at radius 2 is 2.44 bits per heavy atom. The third-order valence-corrected chi connectivity index (χ3v) is 2.36. The molecule has 0 aliphatic carbocycles. The first-order valence-corrected chi connectivity index (χ1v) is 5.28. The van der Waals surface area contributed by atoms with Gasteiger partial charge in [-0.05, 0) is 13.0 Å². The normalized spacial score (nSPS) is 11.9. The second kappa shape index (κ2) is 6.23. The summed E-state index contributed by atoms with van der Waals surface area (Å²) in [5, 5.41) is 0.240. The van der Waals surface area contributed by atoms with Crippen LogP contribution >= 0.6 is 11.6 Å². The summed E-state index contributed by atoms with van der Waals surface area (Å²) in [6.07, 6.45) is 2.20. The zero-order valence-corrected chi connectivity index (χ0v) is 9.61. The van der Waals surface area contributed by atoms with Gasteiger partial charge < -0.3 is 9.53 Å². The molecule has 1 aromatic rings. The molecule has 1 rings (SSSR count). The predicted octanol–water partition coefficient (Wildman–Crippen LogP) is 1.97. The van der Waals surface area contributed by atoms with Crippen molar-refractivity contribution in [3.8, 4) is 0 Å². The summed E-state index contributed by atoms with van der Waals surface area (Å²) < 4.78 is 4.77. The van der Waals surface area contributed by atoms with E-state index in [4.69, 9.17) is 16.3 Å². The average molecular weight is 242 g/mol. The fourth-order valence-electron chi connectivity index (χ4n) is 1.31. The molecule has 0 radical (unpaired) electrons. The lowest BCUT2D eigenvalue weighted by Crippen LogP contribution is -2.12. The van der Waals surface area contributed by atoms with E-state index in [0.29, 0.717) is 18.5 Å². The van der Waals surface area contributed by atoms with E-state index in [0.717, 1.165) is 0 Å². The Kier molecular flexibility index (Phi) is 4.92. The Bertz CT molecular complexity index is 381. The quantitative estimate of drug-likeness (QED) is 0.449. The van der Waals surface area contributed by atoms with Gasteiger partial charge in [-0.25, -0.2) is 4.98 Å². The Morgan fingerprint density at radius 1 is 1.69 bits per heavy atom. The van der Waals surface area contributed by atoms with Crippen LogP contribution in [-0.2, 0) is 14.3 Å². The van der Waals surface area contributed by atoms with Gasteiger partial charge in [-0.15, -0.1) is 0 Å². The molecule has 0 aliphatic rings. The van der Waals surface area contributed by atoms with Gasteiger partial charge in [-0.2, -0.15) is 0 Å². The van der Waals surface area contributed by atoms with E-state index in [9.17, 15) is 9.59 Å². The fraction of sp³-hybridized carbons (Fsp3) is 0.364. The zero-order chi connectivity index (χ0) is 12.0. The third kappa shape index (κ3) is 3.31. The molecule has 0 saturated heterocycles. The van der Waals surface area contributed by atoms with E-state index >= 15 is 0 Å². The highest BCUT2D eigenvalue weighted by Crippen LogP contribution is 2.23. The minimum atomic E-state index is -0.597. The van der Waals surface area contributed by atoms with E-state index < -0.39 is 11.9 Å². The van der Waals surface area contributed by atoms with Crippen LogP contribution in [0, 0.1) is 0 Å². The van der Waals surface area contributed by atoms with Crippen LogP contribution in [0.3, 0.4) is 0 Å². The van der Waals surface area contributed by atoms with Crippen LogP contribution in [0.1, 0.15) is 24.8 Å². The molecule has 1 atom stereocenters. The van der Waals surface area contributed by atoms with E-state index in [1.54, 1.807) is 19.1 Å². The van der Waals surface area contributed by atoms with Crippen LogP contribution in [0.4, 0.5) is 0 Å². The largest absolute Gasteiger partial charge is 0.466 e. The summed E-state index contributed by atoms with van der Waals surface area (Å²) in [4.78, 5) is 26.0. The molecule has 16 heavy (non-hydrogen) atoms. The van der Waals surface area contributed by atoms with Gasteiger partial charge in [-0.3, -0.25) is 4.79 Å². The molecule has 86 valence electrons. The average Bonchev–Trinajstić information content (AvgIpc) is 2.27. The molecule has 0 bridgehead atoms. The molecular weight excluding hydrogens is 230 g/mol. The fourth-order valence-corrected chi connectivity index (χ4v) is 1.57. The van der Waals surface area contributed by atoms with Crippen LogP contribution < -0.4 is 0 Å². The lowest BCUT2D eigenvalue weighted by molar-refractivity contribution is -0.144. The van der Waals surface area contributed by atoms with E-state index in [1.165, 1.54) is 6.20 Å². The van der Waals surface area contributed by atoms with Crippen molar-refractivity contribution in [2.75, 3.05) is 6.61 Å². The van der Waals surface area contributed by atoms with Gasteiger partial charge in [0.2, 0.25) is 0 Å². The number of nitrogens with zero attached hydrogens (tertiary/aromatic N) is 1. The summed E-state index contributed by atoms with van der Waals surface area (Å²) in [6.45, 7) is 2.01. The van der Waals surface area contributed by atoms with Crippen LogP contribution in [0.5, 0.6) is 0 Å². The number of esters is 1. The first-order valence-electron chi connectivity index (χ1n) is 4.90. The number of hydrogen-bond acceptors (Lipinski definition) is 4. The van der Waals surface area contributed by atoms with Gasteiger partial charge in [0, 0.05) is 11.8 Å². The molecule has 0 spiro atoms. The topological polar surface area (TPSA) is 56.3 Å². The van der Waals surface area contributed by atoms with Gasteiger partial charge in [0.25, 0.3) is 0 Å². The van der Waals surface area contributed by atoms with Crippen LogP contribution in [0.2, 0.25) is 5.15 Å². The second-order valence-electron chi connectivity index (χ2n) is 3.14. The number of aromatic nitrogens is 1. The highest BCUT2D eigenvalue weighted by atomic mass is 35.5. The van der Waals surface area contributed by atoms with Crippen molar-refractivity contribution in [1.29, 1.82) is 0 Å². The Hall–Kier alpha value is -1.42. The molecule has 1 heterocycles. The Labute approximate surface area is 98.6 Å². The predicted molar refractivity (Wildman–Crippen MR) is 59.3 cm³/mol. The summed E-state index contributed by atoms with van der Waals surface area (Å²) in [7, 11) is 0. The molecule has 0 amide bonds. The molecule has 1 aromatic heterocycles. The lowest BCUT2D eigenvalue weighted by Gasteiger charge is -2.10. The van der Waals surface area contributed by atoms with Gasteiger partial charge in [0.15, 0.2) is 0 Å². The minimum absolute atomic E-state index is 0.0112. The van der Waals surface area contributed by atoms with Crippen LogP contribution in [-0.4, -0.2) is 23.8 Å². The monoisotopic (exact) mass is 241 g/mol. The number of aldehydes is 1. The van der Waals surface area contributed by atoms with Gasteiger partial charge in [0.1, 0.15) is 11.4 Å². The molecule has 5 heteroatoms. The maximum atomic E-state index is 11.3. The van der Waals surface area contributed by atoms with Crippen LogP contribution in [0.15, 0.2) is 18.3 Å². The van der Waals surface area contributed by atoms with Crippen molar-refractivity contribution in [2.45, 2.75) is 19.3 Å². The molecule has 4 nitrogen and oxygen atoms in total. The summed E-state index contributed by atoms with van der Waals surface area (Å²) in [6, 6.07) is 3.34. The number of rotatable bonds is 5. The van der Waals surface area contributed by atoms with Crippen molar-refractivity contribution in [1.82, 2.24) is 4.98 Å². The minimum Gasteiger partial charge on any atom is -0.466 e. The highest BCUT2D eigenvalue weighted by Gasteiger charge is 2.18. The van der Waals surface area contributed by atoms with Gasteiger partial charge in [-0.1, -0.05) is 17.7 Å². The molecule has 0 aromatic carbocycles. The van der Waals surface area contributed by atoms with Crippen molar-refractivity contribution in [3.05, 3.63) is 29.0 Å². The second-order valence-corrected chi connectivity index (χ2v) is 3.49. The number of pyridine rings is 1. The van der Waals surface area contributed by atoms with Crippen molar-refractivity contribution >= 4 is 23.9 Å². The SMILES string of the molecule is CCOC(=O)CC(C=O)c1cccnc1Cl. The van der Waals surface area contributed by atoms with E-state index in [2.05, 4.69) is 4.98 Å². The maximum Gasteiger partial charge on any atom is 0.306 e. The lowest BCUT2D eigenvalue weighted by atomic mass is 9.99. The third-order valence-electron chi connectivity index (χ3n) is 2.04. The molecule has 0 aliphatic heterocycles. The van der Waals surface area contributed by atoms with Gasteiger partial charge in [0.05, 0.1) is 18.9 Å². The number of hydrogen-bond donors (Lipinski definition) is 0. The van der Waals surface area contributed by atoms with E-state index in [-0.39, 0.29) is 11.6 Å². The number of ether oxygens (including phenoxy) is 1. The molecule has 0 fully saturated rings. The Morgan fingerprint density at radius 3 is 3.00 bits per heavy atom. The molecular formula is C11H12ClNO3. The zero-order valence-electron chi connectivity index (χ0n) is 8.85. The standard InChI is InChI=1S/C11H12ClNO3/c1-2-16-10(15)6-8(7-14)9-4-3-5-13-11(9)12/h3-5,7-8H,2,6H2,1H3. The summed E-state index contributed by atoms with van der Waals surface area (Å²) in [5.41, 5.74) is 0.548. The first kappa shape index (κ1) is 12.6. The highest BCUT2D eigenvalue weighted by molar-refractivity contribution is 6.30. The number of halogens is 1. The van der Waals surface area contributed by atoms with Crippen molar-refractivity contribution in [2.24, 2.45) is 0 Å². The summed E-state index contributed by atoms with van der Waals surface area (Å²) in [5.74, 6) is -1.01. The molecule has 0 N–H and O–H groups in total. The van der Waals surface area contributed by atoms with Gasteiger partial charge >= 0.3 is 5.97 Å². The molecule has 0 saturated carbocycles. The Balaban J connectivity index is 2.79. The van der Waals surface area contributed by atoms with Crippen LogP contribution in [0.25, 0.3) is 0 Å². The van der Waals surface area contributed by atoms with Crippen molar-refractivity contribution < 1.29 is 14.3 Å². The molecule has 1 unspecified atom stereocenters. The maximum absolute atomic E-state index is 11.3. The first-order chi connectivity index (χ1) is 7.69.